The maximum atomic E-state index is 14.6. The van der Waals surface area contributed by atoms with E-state index in [-0.39, 0.29) is 17.1 Å². The zero-order valence-electron chi connectivity index (χ0n) is 17.8. The molecule has 0 radical (unpaired) electrons. The fraction of sp³-hybridized carbons (Fsp3) is 0.261. The van der Waals surface area contributed by atoms with Crippen LogP contribution in [0.5, 0.6) is 0 Å². The summed E-state index contributed by atoms with van der Waals surface area (Å²) in [7, 11) is 0. The third kappa shape index (κ3) is 3.77. The van der Waals surface area contributed by atoms with Gasteiger partial charge in [-0.3, -0.25) is 0 Å². The molecular weight excluding hydrogens is 451 g/mol. The van der Waals surface area contributed by atoms with Crippen LogP contribution in [0.3, 0.4) is 0 Å². The Kier molecular flexibility index (Phi) is 5.48. The number of alkyl halides is 2. The van der Waals surface area contributed by atoms with E-state index >= 15 is 0 Å². The molecule has 0 aliphatic carbocycles. The number of morpholine rings is 1. The summed E-state index contributed by atoms with van der Waals surface area (Å²) in [6, 6.07) is 11.9. The van der Waals surface area contributed by atoms with Crippen LogP contribution in [0.15, 0.2) is 48.5 Å². The number of carboxylic acids is 1. The van der Waals surface area contributed by atoms with E-state index in [1.54, 1.807) is 30.3 Å². The molecule has 3 N–H and O–H groups in total. The molecule has 0 bridgehead atoms. The highest BCUT2D eigenvalue weighted by atomic mass is 19.3. The van der Waals surface area contributed by atoms with E-state index in [1.165, 1.54) is 6.07 Å². The molecule has 0 spiro atoms. The minimum atomic E-state index is -2.95. The molecule has 0 unspecified atom stereocenters. The number of hydrogen-bond donors (Lipinski definition) is 3. The zero-order valence-corrected chi connectivity index (χ0v) is 17.8. The van der Waals surface area contributed by atoms with Crippen molar-refractivity contribution in [1.82, 2.24) is 9.97 Å². The van der Waals surface area contributed by atoms with Gasteiger partial charge in [0.1, 0.15) is 11.6 Å². The third-order valence-electron chi connectivity index (χ3n) is 5.81. The summed E-state index contributed by atoms with van der Waals surface area (Å²) in [5.41, 5.74) is -1.24. The zero-order chi connectivity index (χ0) is 23.9. The van der Waals surface area contributed by atoms with Crippen molar-refractivity contribution in [3.05, 3.63) is 65.7 Å². The molecule has 2 aromatic carbocycles. The molecule has 8 nitrogen and oxygen atoms in total. The number of rotatable bonds is 5. The number of benzene rings is 2. The smallest absolute Gasteiger partial charge is 0.338 e. The van der Waals surface area contributed by atoms with Crippen molar-refractivity contribution in [3.63, 3.8) is 0 Å². The Morgan fingerprint density at radius 2 is 1.74 bits per heavy atom. The molecule has 2 aliphatic heterocycles. The van der Waals surface area contributed by atoms with Gasteiger partial charge in [-0.05, 0) is 24.3 Å². The first-order chi connectivity index (χ1) is 16.4. The normalized spacial score (nSPS) is 16.6. The van der Waals surface area contributed by atoms with Gasteiger partial charge < -0.3 is 25.4 Å². The monoisotopic (exact) mass is 471 g/mol. The number of aromatic nitrogens is 2. The number of para-hydroxylation sites is 2. The lowest BCUT2D eigenvalue weighted by atomic mass is 10.1. The first kappa shape index (κ1) is 22.0. The fourth-order valence-electron chi connectivity index (χ4n) is 4.04. The van der Waals surface area contributed by atoms with Gasteiger partial charge in [0.2, 0.25) is 5.66 Å². The van der Waals surface area contributed by atoms with Crippen molar-refractivity contribution in [2.24, 2.45) is 0 Å². The van der Waals surface area contributed by atoms with Gasteiger partial charge in [-0.15, -0.1) is 0 Å². The van der Waals surface area contributed by atoms with E-state index in [0.29, 0.717) is 43.5 Å². The first-order valence-electron chi connectivity index (χ1n) is 10.6. The Bertz CT molecular complexity index is 1230. The molecule has 11 heteroatoms. The topological polar surface area (TPSA) is 99.6 Å². The highest BCUT2D eigenvalue weighted by molar-refractivity contribution is 5.88. The van der Waals surface area contributed by atoms with Gasteiger partial charge in [0, 0.05) is 24.7 Å². The van der Waals surface area contributed by atoms with Gasteiger partial charge in [-0.1, -0.05) is 18.2 Å². The quantitative estimate of drug-likeness (QED) is 0.517. The van der Waals surface area contributed by atoms with Gasteiger partial charge in [0.15, 0.2) is 5.82 Å². The van der Waals surface area contributed by atoms with Crippen molar-refractivity contribution in [2.45, 2.75) is 12.1 Å². The fourth-order valence-corrected chi connectivity index (χ4v) is 4.04. The summed E-state index contributed by atoms with van der Waals surface area (Å²) in [5.74, 6) is -2.20. The predicted molar refractivity (Wildman–Crippen MR) is 119 cm³/mol. The van der Waals surface area contributed by atoms with Crippen molar-refractivity contribution in [2.75, 3.05) is 41.8 Å². The molecule has 34 heavy (non-hydrogen) atoms. The van der Waals surface area contributed by atoms with Gasteiger partial charge in [0.25, 0.3) is 6.43 Å². The summed E-state index contributed by atoms with van der Waals surface area (Å²) in [6.07, 6.45) is -2.95. The van der Waals surface area contributed by atoms with E-state index in [4.69, 9.17) is 9.84 Å². The molecule has 1 aromatic heterocycles. The molecule has 1 saturated heterocycles. The highest BCUT2D eigenvalue weighted by Crippen LogP contribution is 2.42. The largest absolute Gasteiger partial charge is 0.478 e. The average molecular weight is 471 g/mol. The lowest BCUT2D eigenvalue weighted by Crippen LogP contribution is -2.48. The van der Waals surface area contributed by atoms with Crippen LogP contribution in [0, 0.1) is 5.82 Å². The van der Waals surface area contributed by atoms with E-state index < -0.39 is 29.4 Å². The Balaban J connectivity index is 1.65. The van der Waals surface area contributed by atoms with Gasteiger partial charge in [0.05, 0.1) is 35.8 Å². The van der Waals surface area contributed by atoms with E-state index in [0.717, 1.165) is 12.1 Å². The number of nitrogens with zero attached hydrogens (tertiary/aromatic N) is 3. The maximum absolute atomic E-state index is 14.6. The molecule has 0 amide bonds. The van der Waals surface area contributed by atoms with E-state index in [1.807, 2.05) is 4.90 Å². The van der Waals surface area contributed by atoms with Gasteiger partial charge >= 0.3 is 5.97 Å². The predicted octanol–water partition coefficient (Wildman–Crippen LogP) is 3.77. The summed E-state index contributed by atoms with van der Waals surface area (Å²) >= 11 is 0. The number of halogens is 3. The molecule has 2 aliphatic rings. The standard InChI is InChI=1S/C23H20F3N5O3/c24-15-11-13(5-6-14(15)20(32)33)18-12-19(31-7-9-34-10-8-31)28-22(27-18)23(21(25)26)29-16-3-1-2-4-17(16)30-23/h1-6,11-12,21,29-30H,7-10H2,(H,32,33). The van der Waals surface area contributed by atoms with Gasteiger partial charge in [-0.25, -0.2) is 27.9 Å². The second kappa shape index (κ2) is 8.49. The second-order valence-electron chi connectivity index (χ2n) is 7.94. The Labute approximate surface area is 192 Å². The first-order valence-corrected chi connectivity index (χ1v) is 10.6. The lowest BCUT2D eigenvalue weighted by Gasteiger charge is -2.32. The molecule has 3 aromatic rings. The summed E-state index contributed by atoms with van der Waals surface area (Å²) in [5, 5.41) is 14.8. The number of hydrogen-bond acceptors (Lipinski definition) is 7. The minimum absolute atomic E-state index is 0.182. The van der Waals surface area contributed by atoms with Crippen LogP contribution in [0.1, 0.15) is 16.2 Å². The number of carbonyl (C=O) groups is 1. The number of fused-ring (bicyclic) bond motifs is 1. The maximum Gasteiger partial charge on any atom is 0.338 e. The number of carboxylic acid groups (broad SMARTS) is 1. The van der Waals surface area contributed by atoms with Crippen LogP contribution in [0.2, 0.25) is 0 Å². The van der Waals surface area contributed by atoms with Crippen molar-refractivity contribution in [1.29, 1.82) is 0 Å². The van der Waals surface area contributed by atoms with Crippen LogP contribution in [-0.2, 0) is 10.4 Å². The summed E-state index contributed by atoms with van der Waals surface area (Å²) < 4.78 is 49.0. The van der Waals surface area contributed by atoms with Crippen molar-refractivity contribution >= 4 is 23.2 Å². The molecule has 3 heterocycles. The van der Waals surface area contributed by atoms with Crippen LogP contribution in [-0.4, -0.2) is 53.8 Å². The number of aromatic carboxylic acids is 1. The third-order valence-corrected chi connectivity index (χ3v) is 5.81. The lowest BCUT2D eigenvalue weighted by molar-refractivity contribution is 0.0691. The molecule has 176 valence electrons. The average Bonchev–Trinajstić information content (AvgIpc) is 3.25. The van der Waals surface area contributed by atoms with Crippen LogP contribution in [0.4, 0.5) is 30.4 Å². The van der Waals surface area contributed by atoms with Crippen LogP contribution in [0.25, 0.3) is 11.3 Å². The SMILES string of the molecule is O=C(O)c1ccc(-c2cc(N3CCOCC3)nc(C3(C(F)F)Nc4ccccc4N3)n2)cc1F. The Morgan fingerprint density at radius 3 is 2.32 bits per heavy atom. The van der Waals surface area contributed by atoms with Crippen LogP contribution < -0.4 is 15.5 Å². The molecule has 0 saturated carbocycles. The number of ether oxygens (including phenoxy) is 1. The van der Waals surface area contributed by atoms with Gasteiger partial charge in [-0.2, -0.15) is 0 Å². The second-order valence-corrected chi connectivity index (χ2v) is 7.94. The van der Waals surface area contributed by atoms with Crippen molar-refractivity contribution < 1.29 is 27.8 Å². The van der Waals surface area contributed by atoms with E-state index in [9.17, 15) is 18.0 Å². The number of nitrogens with one attached hydrogen (secondary N) is 2. The highest BCUT2D eigenvalue weighted by Gasteiger charge is 2.49. The number of anilines is 3. The van der Waals surface area contributed by atoms with Crippen LogP contribution >= 0.6 is 0 Å². The molecule has 1 fully saturated rings. The van der Waals surface area contributed by atoms with E-state index in [2.05, 4.69) is 20.6 Å². The molecule has 0 atom stereocenters. The summed E-state index contributed by atoms with van der Waals surface area (Å²) in [6.45, 7) is 1.87. The molecule has 5 rings (SSSR count). The van der Waals surface area contributed by atoms with Crippen molar-refractivity contribution in [3.8, 4) is 11.3 Å². The summed E-state index contributed by atoms with van der Waals surface area (Å²) in [4.78, 5) is 21.9. The minimum Gasteiger partial charge on any atom is -0.478 e. The Morgan fingerprint density at radius 1 is 1.06 bits per heavy atom. The molecular formula is C23H20F3N5O3. The Hall–Kier alpha value is -3.86.